The van der Waals surface area contributed by atoms with Crippen LogP contribution in [0.3, 0.4) is 0 Å². The summed E-state index contributed by atoms with van der Waals surface area (Å²) in [5.74, 6) is 0.746. The smallest absolute Gasteiger partial charge is 0.0641 e. The highest BCUT2D eigenvalue weighted by molar-refractivity contribution is 4.86. The van der Waals surface area contributed by atoms with E-state index in [1.165, 1.54) is 6.42 Å². The van der Waals surface area contributed by atoms with Crippen LogP contribution in [-0.2, 0) is 4.74 Å². The molecule has 3 nitrogen and oxygen atoms in total. The lowest BCUT2D eigenvalue weighted by atomic mass is 9.92. The minimum absolute atomic E-state index is 0.0381. The van der Waals surface area contributed by atoms with Crippen molar-refractivity contribution in [3.05, 3.63) is 0 Å². The van der Waals surface area contributed by atoms with Gasteiger partial charge in [-0.2, -0.15) is 0 Å². The third-order valence-electron chi connectivity index (χ3n) is 3.51. The molecule has 1 aliphatic rings. The molecule has 0 aliphatic carbocycles. The third-order valence-corrected chi connectivity index (χ3v) is 3.51. The van der Waals surface area contributed by atoms with Crippen LogP contribution in [-0.4, -0.2) is 49.8 Å². The molecule has 3 heteroatoms. The lowest BCUT2D eigenvalue weighted by Crippen LogP contribution is -2.50. The van der Waals surface area contributed by atoms with Crippen molar-refractivity contribution in [3.63, 3.8) is 0 Å². The summed E-state index contributed by atoms with van der Waals surface area (Å²) in [6, 6.07) is 1.20. The van der Waals surface area contributed by atoms with Gasteiger partial charge in [0.25, 0.3) is 0 Å². The number of hydrogen-bond acceptors (Lipinski definition) is 3. The van der Waals surface area contributed by atoms with Gasteiger partial charge in [-0.15, -0.1) is 0 Å². The van der Waals surface area contributed by atoms with E-state index in [0.717, 1.165) is 31.9 Å². The molecular formula is C15H32N2O. The van der Waals surface area contributed by atoms with Crippen LogP contribution in [0, 0.1) is 5.92 Å². The molecule has 1 aliphatic heterocycles. The van der Waals surface area contributed by atoms with E-state index in [4.69, 9.17) is 4.74 Å². The van der Waals surface area contributed by atoms with Gasteiger partial charge in [0.2, 0.25) is 0 Å². The van der Waals surface area contributed by atoms with Crippen molar-refractivity contribution < 1.29 is 4.74 Å². The van der Waals surface area contributed by atoms with Gasteiger partial charge in [-0.1, -0.05) is 13.8 Å². The fraction of sp³-hybridized carbons (Fsp3) is 1.00. The highest BCUT2D eigenvalue weighted by Gasteiger charge is 2.30. The standard InChI is InChI=1S/C15H32N2O/c1-12(2)9-14(11-17(5)6)16-13-7-8-18-15(3,4)10-13/h12-14,16H,7-11H2,1-6H3. The van der Waals surface area contributed by atoms with Crippen molar-refractivity contribution in [2.24, 2.45) is 5.92 Å². The van der Waals surface area contributed by atoms with E-state index < -0.39 is 0 Å². The molecule has 1 fully saturated rings. The summed E-state index contributed by atoms with van der Waals surface area (Å²) in [6.45, 7) is 11.0. The zero-order chi connectivity index (χ0) is 13.8. The molecule has 1 rings (SSSR count). The van der Waals surface area contributed by atoms with Crippen LogP contribution in [0.1, 0.15) is 47.0 Å². The normalized spacial score (nSPS) is 25.7. The van der Waals surface area contributed by atoms with Gasteiger partial charge in [0, 0.05) is 25.2 Å². The van der Waals surface area contributed by atoms with E-state index >= 15 is 0 Å². The average Bonchev–Trinajstić information content (AvgIpc) is 2.12. The van der Waals surface area contributed by atoms with Crippen molar-refractivity contribution >= 4 is 0 Å². The largest absolute Gasteiger partial charge is 0.375 e. The summed E-state index contributed by atoms with van der Waals surface area (Å²) in [6.07, 6.45) is 3.51. The molecule has 0 amide bonds. The third kappa shape index (κ3) is 6.17. The van der Waals surface area contributed by atoms with Crippen LogP contribution in [0.5, 0.6) is 0 Å². The molecule has 1 N–H and O–H groups in total. The molecule has 108 valence electrons. The van der Waals surface area contributed by atoms with Gasteiger partial charge < -0.3 is 15.0 Å². The van der Waals surface area contributed by atoms with Crippen molar-refractivity contribution in [2.45, 2.75) is 64.6 Å². The van der Waals surface area contributed by atoms with E-state index in [9.17, 15) is 0 Å². The number of ether oxygens (including phenoxy) is 1. The van der Waals surface area contributed by atoms with Crippen LogP contribution in [0.2, 0.25) is 0 Å². The molecule has 0 aromatic carbocycles. The van der Waals surface area contributed by atoms with Crippen LogP contribution in [0.4, 0.5) is 0 Å². The predicted molar refractivity (Wildman–Crippen MR) is 78.0 cm³/mol. The van der Waals surface area contributed by atoms with E-state index in [2.05, 4.69) is 52.0 Å². The minimum Gasteiger partial charge on any atom is -0.375 e. The van der Waals surface area contributed by atoms with Crippen molar-refractivity contribution in [3.8, 4) is 0 Å². The van der Waals surface area contributed by atoms with E-state index in [0.29, 0.717) is 12.1 Å². The number of hydrogen-bond donors (Lipinski definition) is 1. The van der Waals surface area contributed by atoms with Gasteiger partial charge in [0.1, 0.15) is 0 Å². The first kappa shape index (κ1) is 15.9. The molecule has 1 saturated heterocycles. The van der Waals surface area contributed by atoms with E-state index in [1.54, 1.807) is 0 Å². The molecule has 1 heterocycles. The molecule has 0 saturated carbocycles. The molecular weight excluding hydrogens is 224 g/mol. The zero-order valence-corrected chi connectivity index (χ0v) is 13.1. The Hall–Kier alpha value is -0.120. The highest BCUT2D eigenvalue weighted by Crippen LogP contribution is 2.24. The first-order valence-electron chi connectivity index (χ1n) is 7.33. The zero-order valence-electron chi connectivity index (χ0n) is 13.1. The maximum absolute atomic E-state index is 5.79. The lowest BCUT2D eigenvalue weighted by molar-refractivity contribution is -0.0646. The average molecular weight is 256 g/mol. The Labute approximate surface area is 113 Å². The van der Waals surface area contributed by atoms with Gasteiger partial charge in [-0.05, 0) is 53.1 Å². The molecule has 0 spiro atoms. The van der Waals surface area contributed by atoms with E-state index in [1.807, 2.05) is 0 Å². The Balaban J connectivity index is 2.48. The monoisotopic (exact) mass is 256 g/mol. The molecule has 18 heavy (non-hydrogen) atoms. The van der Waals surface area contributed by atoms with Crippen molar-refractivity contribution in [1.82, 2.24) is 10.2 Å². The first-order valence-corrected chi connectivity index (χ1v) is 7.33. The minimum atomic E-state index is 0.0381. The van der Waals surface area contributed by atoms with Crippen LogP contribution in [0.15, 0.2) is 0 Å². The molecule has 2 unspecified atom stereocenters. The molecule has 2 atom stereocenters. The molecule has 0 radical (unpaired) electrons. The molecule has 0 aromatic heterocycles. The van der Waals surface area contributed by atoms with Gasteiger partial charge in [-0.3, -0.25) is 0 Å². The number of nitrogens with zero attached hydrogens (tertiary/aromatic N) is 1. The van der Waals surface area contributed by atoms with Crippen molar-refractivity contribution in [1.29, 1.82) is 0 Å². The van der Waals surface area contributed by atoms with Gasteiger partial charge in [0.05, 0.1) is 5.60 Å². The summed E-state index contributed by atoms with van der Waals surface area (Å²) in [7, 11) is 4.31. The Kier molecular flexibility index (Phi) is 6.09. The molecule has 0 bridgehead atoms. The number of nitrogens with one attached hydrogen (secondary N) is 1. The first-order chi connectivity index (χ1) is 8.28. The Morgan fingerprint density at radius 3 is 2.50 bits per heavy atom. The number of likely N-dealkylation sites (N-methyl/N-ethyl adjacent to an activating group) is 1. The quantitative estimate of drug-likeness (QED) is 0.790. The highest BCUT2D eigenvalue weighted by atomic mass is 16.5. The number of rotatable bonds is 6. The second kappa shape index (κ2) is 6.88. The summed E-state index contributed by atoms with van der Waals surface area (Å²) in [5, 5.41) is 3.85. The van der Waals surface area contributed by atoms with Gasteiger partial charge in [-0.25, -0.2) is 0 Å². The summed E-state index contributed by atoms with van der Waals surface area (Å²) in [5.41, 5.74) is 0.0381. The van der Waals surface area contributed by atoms with Crippen LogP contribution in [0.25, 0.3) is 0 Å². The maximum atomic E-state index is 5.79. The Morgan fingerprint density at radius 2 is 2.00 bits per heavy atom. The lowest BCUT2D eigenvalue weighted by Gasteiger charge is -2.38. The van der Waals surface area contributed by atoms with Crippen molar-refractivity contribution in [2.75, 3.05) is 27.2 Å². The summed E-state index contributed by atoms with van der Waals surface area (Å²) in [4.78, 5) is 2.28. The van der Waals surface area contributed by atoms with Gasteiger partial charge in [0.15, 0.2) is 0 Å². The second-order valence-electron chi connectivity index (χ2n) is 7.05. The maximum Gasteiger partial charge on any atom is 0.0641 e. The molecule has 0 aromatic rings. The van der Waals surface area contributed by atoms with E-state index in [-0.39, 0.29) is 5.60 Å². The predicted octanol–water partition coefficient (Wildman–Crippen LogP) is 2.51. The summed E-state index contributed by atoms with van der Waals surface area (Å²) >= 11 is 0. The van der Waals surface area contributed by atoms with Crippen LogP contribution >= 0.6 is 0 Å². The second-order valence-corrected chi connectivity index (χ2v) is 7.05. The fourth-order valence-corrected chi connectivity index (χ4v) is 2.91. The fourth-order valence-electron chi connectivity index (χ4n) is 2.91. The SMILES string of the molecule is CC(C)CC(CN(C)C)NC1CCOC(C)(C)C1. The Bertz CT molecular complexity index is 229. The topological polar surface area (TPSA) is 24.5 Å². The Morgan fingerprint density at radius 1 is 1.33 bits per heavy atom. The van der Waals surface area contributed by atoms with Crippen LogP contribution < -0.4 is 5.32 Å². The van der Waals surface area contributed by atoms with Gasteiger partial charge >= 0.3 is 0 Å². The summed E-state index contributed by atoms with van der Waals surface area (Å²) < 4.78 is 5.79.